The van der Waals surface area contributed by atoms with Crippen molar-refractivity contribution < 1.29 is 28.8 Å². The number of amides is 6. The van der Waals surface area contributed by atoms with Crippen LogP contribution in [0, 0.1) is 0 Å². The number of nitrogens with one attached hydrogen (secondary N) is 2. The molecule has 164 valence electrons. The summed E-state index contributed by atoms with van der Waals surface area (Å²) in [5.41, 5.74) is 1.24. The summed E-state index contributed by atoms with van der Waals surface area (Å²) < 4.78 is 0. The maximum atomic E-state index is 12.3. The van der Waals surface area contributed by atoms with Crippen molar-refractivity contribution in [3.8, 4) is 0 Å². The molecule has 10 nitrogen and oxygen atoms in total. The van der Waals surface area contributed by atoms with Crippen molar-refractivity contribution in [3.05, 3.63) is 84.0 Å². The molecule has 2 aromatic carbocycles. The lowest BCUT2D eigenvalue weighted by Crippen LogP contribution is -2.37. The first-order chi connectivity index (χ1) is 15.8. The molecule has 33 heavy (non-hydrogen) atoms. The van der Waals surface area contributed by atoms with E-state index >= 15 is 0 Å². The molecule has 0 unspecified atom stereocenters. The number of carbonyl (C=O) groups is 6. The SMILES string of the molecule is O=C(NCNC(=O)c1ccc(N2C(=O)C=CC2=O)cc1)c1ccc(N2C(=O)C=CC2=O)cc1. The van der Waals surface area contributed by atoms with Gasteiger partial charge in [0.1, 0.15) is 0 Å². The van der Waals surface area contributed by atoms with Crippen molar-refractivity contribution in [2.45, 2.75) is 0 Å². The van der Waals surface area contributed by atoms with Crippen molar-refractivity contribution in [3.63, 3.8) is 0 Å². The molecule has 2 N–H and O–H groups in total. The predicted molar refractivity (Wildman–Crippen MR) is 116 cm³/mol. The van der Waals surface area contributed by atoms with Gasteiger partial charge in [0.15, 0.2) is 0 Å². The molecule has 0 radical (unpaired) electrons. The molecule has 2 aliphatic rings. The zero-order valence-electron chi connectivity index (χ0n) is 17.0. The Morgan fingerprint density at radius 1 is 0.545 bits per heavy atom. The first-order valence-electron chi connectivity index (χ1n) is 9.74. The van der Waals surface area contributed by atoms with Crippen LogP contribution >= 0.6 is 0 Å². The van der Waals surface area contributed by atoms with Gasteiger partial charge in [-0.3, -0.25) is 28.8 Å². The van der Waals surface area contributed by atoms with E-state index in [-0.39, 0.29) is 17.8 Å². The van der Waals surface area contributed by atoms with Crippen LogP contribution in [0.5, 0.6) is 0 Å². The number of imide groups is 2. The van der Waals surface area contributed by atoms with Crippen molar-refractivity contribution in [1.82, 2.24) is 10.6 Å². The predicted octanol–water partition coefficient (Wildman–Crippen LogP) is 0.663. The van der Waals surface area contributed by atoms with Gasteiger partial charge in [-0.2, -0.15) is 0 Å². The molecular weight excluding hydrogens is 428 g/mol. The highest BCUT2D eigenvalue weighted by Crippen LogP contribution is 2.20. The van der Waals surface area contributed by atoms with Crippen LogP contribution in [-0.4, -0.2) is 42.1 Å². The summed E-state index contributed by atoms with van der Waals surface area (Å²) in [5.74, 6) is -2.75. The molecule has 2 heterocycles. The smallest absolute Gasteiger partial charge is 0.258 e. The lowest BCUT2D eigenvalue weighted by Gasteiger charge is -2.14. The Bertz CT molecular complexity index is 1110. The van der Waals surface area contributed by atoms with Crippen LogP contribution in [0.25, 0.3) is 0 Å². The van der Waals surface area contributed by atoms with Crippen LogP contribution in [0.3, 0.4) is 0 Å². The number of hydrogen-bond donors (Lipinski definition) is 2. The molecule has 0 bridgehead atoms. The minimum atomic E-state index is -0.465. The first kappa shape index (κ1) is 21.4. The number of anilines is 2. The number of carbonyl (C=O) groups excluding carboxylic acids is 6. The summed E-state index contributed by atoms with van der Waals surface area (Å²) in [6, 6.07) is 11.7. The van der Waals surface area contributed by atoms with E-state index in [1.54, 1.807) is 0 Å². The standard InChI is InChI=1S/C23H16N4O6/c28-18-9-10-19(29)26(18)16-5-1-14(2-6-16)22(32)24-13-25-23(33)15-3-7-17(8-4-15)27-20(30)11-12-21(27)31/h1-12H,13H2,(H,24,32)(H,25,33). The fourth-order valence-electron chi connectivity index (χ4n) is 3.24. The second-order valence-electron chi connectivity index (χ2n) is 6.97. The van der Waals surface area contributed by atoms with E-state index < -0.39 is 35.4 Å². The molecule has 0 aromatic heterocycles. The Balaban J connectivity index is 1.29. The highest BCUT2D eigenvalue weighted by molar-refractivity contribution is 6.28. The highest BCUT2D eigenvalue weighted by Gasteiger charge is 2.26. The van der Waals surface area contributed by atoms with Gasteiger partial charge in [-0.15, -0.1) is 0 Å². The molecular formula is C23H16N4O6. The van der Waals surface area contributed by atoms with Crippen molar-refractivity contribution >= 4 is 46.8 Å². The maximum absolute atomic E-state index is 12.3. The fraction of sp³-hybridized carbons (Fsp3) is 0.0435. The monoisotopic (exact) mass is 444 g/mol. The summed E-state index contributed by atoms with van der Waals surface area (Å²) in [7, 11) is 0. The van der Waals surface area contributed by atoms with Crippen molar-refractivity contribution in [1.29, 1.82) is 0 Å². The van der Waals surface area contributed by atoms with Crippen molar-refractivity contribution in [2.75, 3.05) is 16.5 Å². The zero-order chi connectivity index (χ0) is 23.5. The summed E-state index contributed by atoms with van der Waals surface area (Å²) in [5, 5.41) is 5.07. The van der Waals surface area contributed by atoms with Crippen LogP contribution < -0.4 is 20.4 Å². The highest BCUT2D eigenvalue weighted by atomic mass is 16.2. The van der Waals surface area contributed by atoms with E-state index in [0.717, 1.165) is 9.80 Å². The molecule has 6 amide bonds. The second-order valence-corrected chi connectivity index (χ2v) is 6.97. The Morgan fingerprint density at radius 2 is 0.848 bits per heavy atom. The number of rotatable bonds is 6. The first-order valence-corrected chi connectivity index (χ1v) is 9.74. The number of hydrogen-bond acceptors (Lipinski definition) is 6. The normalized spacial score (nSPS) is 14.9. The largest absolute Gasteiger partial charge is 0.335 e. The van der Waals surface area contributed by atoms with Gasteiger partial charge >= 0.3 is 0 Å². The minimum Gasteiger partial charge on any atom is -0.335 e. The number of benzene rings is 2. The third kappa shape index (κ3) is 4.30. The van der Waals surface area contributed by atoms with Crippen LogP contribution in [0.1, 0.15) is 20.7 Å². The lowest BCUT2D eigenvalue weighted by molar-refractivity contribution is -0.121. The minimum absolute atomic E-state index is 0.152. The van der Waals surface area contributed by atoms with Crippen LogP contribution in [0.2, 0.25) is 0 Å². The van der Waals surface area contributed by atoms with Crippen LogP contribution in [0.4, 0.5) is 11.4 Å². The van der Waals surface area contributed by atoms with Crippen LogP contribution in [0.15, 0.2) is 72.8 Å². The third-order valence-electron chi connectivity index (χ3n) is 4.89. The quantitative estimate of drug-likeness (QED) is 0.497. The van der Waals surface area contributed by atoms with E-state index in [2.05, 4.69) is 10.6 Å². The van der Waals surface area contributed by atoms with E-state index in [1.807, 2.05) is 0 Å². The topological polar surface area (TPSA) is 133 Å². The average molecular weight is 444 g/mol. The molecule has 0 aliphatic carbocycles. The van der Waals surface area contributed by atoms with Gasteiger partial charge < -0.3 is 10.6 Å². The van der Waals surface area contributed by atoms with Gasteiger partial charge in [-0.05, 0) is 48.5 Å². The molecule has 2 aromatic rings. The van der Waals surface area contributed by atoms with Gasteiger partial charge in [0, 0.05) is 35.4 Å². The Labute approximate surface area is 187 Å². The molecule has 2 aliphatic heterocycles. The van der Waals surface area contributed by atoms with E-state index in [4.69, 9.17) is 0 Å². The summed E-state index contributed by atoms with van der Waals surface area (Å²) in [6.45, 7) is -0.152. The van der Waals surface area contributed by atoms with Gasteiger partial charge in [-0.25, -0.2) is 9.80 Å². The molecule has 0 saturated heterocycles. The Hall–Kier alpha value is -4.86. The summed E-state index contributed by atoms with van der Waals surface area (Å²) >= 11 is 0. The van der Waals surface area contributed by atoms with E-state index in [9.17, 15) is 28.8 Å². The molecule has 0 atom stereocenters. The molecule has 4 rings (SSSR count). The van der Waals surface area contributed by atoms with Gasteiger partial charge in [0.05, 0.1) is 18.0 Å². The third-order valence-corrected chi connectivity index (χ3v) is 4.89. The fourth-order valence-corrected chi connectivity index (χ4v) is 3.24. The van der Waals surface area contributed by atoms with Crippen LogP contribution in [-0.2, 0) is 19.2 Å². The molecule has 0 saturated carbocycles. The maximum Gasteiger partial charge on any atom is 0.258 e. The van der Waals surface area contributed by atoms with Crippen molar-refractivity contribution in [2.24, 2.45) is 0 Å². The molecule has 0 spiro atoms. The van der Waals surface area contributed by atoms with Gasteiger partial charge in [0.25, 0.3) is 35.4 Å². The molecule has 10 heteroatoms. The summed E-state index contributed by atoms with van der Waals surface area (Å²) in [4.78, 5) is 73.3. The zero-order valence-corrected chi connectivity index (χ0v) is 17.0. The number of nitrogens with zero attached hydrogens (tertiary/aromatic N) is 2. The second kappa shape index (κ2) is 8.71. The molecule has 0 fully saturated rings. The van der Waals surface area contributed by atoms with E-state index in [1.165, 1.54) is 72.8 Å². The Morgan fingerprint density at radius 3 is 1.15 bits per heavy atom. The summed E-state index contributed by atoms with van der Waals surface area (Å²) in [6.07, 6.45) is 4.67. The van der Waals surface area contributed by atoms with Gasteiger partial charge in [0.2, 0.25) is 0 Å². The van der Waals surface area contributed by atoms with E-state index in [0.29, 0.717) is 11.4 Å². The average Bonchev–Trinajstić information content (AvgIpc) is 3.33. The van der Waals surface area contributed by atoms with Gasteiger partial charge in [-0.1, -0.05) is 0 Å². The lowest BCUT2D eigenvalue weighted by atomic mass is 10.2. The Kier molecular flexibility index (Phi) is 5.64.